The normalized spacial score (nSPS) is 41.5. The molecule has 0 aliphatic heterocycles. The highest BCUT2D eigenvalue weighted by Crippen LogP contribution is 2.67. The van der Waals surface area contributed by atoms with E-state index in [1.54, 1.807) is 12.7 Å². The molecule has 4 heteroatoms. The van der Waals surface area contributed by atoms with Gasteiger partial charge in [-0.3, -0.25) is 0 Å². The molecule has 0 unspecified atom stereocenters. The molecule has 9 atom stereocenters. The van der Waals surface area contributed by atoms with Crippen LogP contribution in [-0.4, -0.2) is 43.9 Å². The number of hydrogen-bond acceptors (Lipinski definition) is 4. The minimum absolute atomic E-state index is 0.123. The summed E-state index contributed by atoms with van der Waals surface area (Å²) in [6.45, 7) is 11.9. The molecule has 4 fully saturated rings. The number of hydrogen-bond donors (Lipinski definition) is 1. The minimum atomic E-state index is -0.238. The third kappa shape index (κ3) is 4.82. The molecule has 194 valence electrons. The van der Waals surface area contributed by atoms with Crippen LogP contribution in [0, 0.1) is 40.4 Å². The van der Waals surface area contributed by atoms with Crippen molar-refractivity contribution < 1.29 is 19.3 Å². The van der Waals surface area contributed by atoms with Crippen LogP contribution in [0.1, 0.15) is 86.0 Å². The van der Waals surface area contributed by atoms with E-state index in [1.807, 2.05) is 7.11 Å². The summed E-state index contributed by atoms with van der Waals surface area (Å²) in [7, 11) is 3.55. The zero-order chi connectivity index (χ0) is 24.7. The van der Waals surface area contributed by atoms with Crippen molar-refractivity contribution in [1.82, 2.24) is 0 Å². The monoisotopic (exact) mass is 474 g/mol. The molecule has 0 heterocycles. The Labute approximate surface area is 208 Å². The van der Waals surface area contributed by atoms with Crippen LogP contribution in [0.25, 0.3) is 0 Å². The van der Waals surface area contributed by atoms with Crippen LogP contribution in [0.15, 0.2) is 23.8 Å². The molecule has 0 aromatic carbocycles. The number of allylic oxidation sites excluding steroid dienone is 2. The lowest BCUT2D eigenvalue weighted by Crippen LogP contribution is -2.36. The number of ether oxygens (including phenoxy) is 3. The first-order valence-electron chi connectivity index (χ1n) is 13.8. The quantitative estimate of drug-likeness (QED) is 0.289. The summed E-state index contributed by atoms with van der Waals surface area (Å²) in [5.74, 6) is 2.95. The first-order chi connectivity index (χ1) is 16.1. The Morgan fingerprint density at radius 1 is 1.15 bits per heavy atom. The molecule has 0 radical (unpaired) electrons. The molecular weight excluding hydrogens is 424 g/mol. The summed E-state index contributed by atoms with van der Waals surface area (Å²) in [5, 5.41) is 10.2. The maximum atomic E-state index is 10.2. The lowest BCUT2D eigenvalue weighted by Gasteiger charge is -2.44. The van der Waals surface area contributed by atoms with Crippen LogP contribution >= 0.6 is 0 Å². The van der Waals surface area contributed by atoms with E-state index in [0.717, 1.165) is 12.8 Å². The van der Waals surface area contributed by atoms with Gasteiger partial charge in [0, 0.05) is 25.6 Å². The largest absolute Gasteiger partial charge is 0.393 e. The fraction of sp³-hybridized carbons (Fsp3) is 0.867. The molecule has 4 rings (SSSR count). The first-order valence-corrected chi connectivity index (χ1v) is 13.8. The molecule has 0 saturated heterocycles. The van der Waals surface area contributed by atoms with Gasteiger partial charge in [0.05, 0.1) is 17.8 Å². The predicted octanol–water partition coefficient (Wildman–Crippen LogP) is 6.53. The summed E-state index contributed by atoms with van der Waals surface area (Å²) in [6, 6.07) is 0. The number of rotatable bonds is 10. The third-order valence-corrected chi connectivity index (χ3v) is 10.7. The average molecular weight is 475 g/mol. The van der Waals surface area contributed by atoms with Gasteiger partial charge >= 0.3 is 0 Å². The first kappa shape index (κ1) is 26.4. The van der Waals surface area contributed by atoms with E-state index >= 15 is 0 Å². The summed E-state index contributed by atoms with van der Waals surface area (Å²) in [4.78, 5) is 0. The molecule has 4 saturated carbocycles. The molecule has 34 heavy (non-hydrogen) atoms. The Morgan fingerprint density at radius 3 is 2.56 bits per heavy atom. The summed E-state index contributed by atoms with van der Waals surface area (Å²) >= 11 is 0. The van der Waals surface area contributed by atoms with Crippen molar-refractivity contribution >= 4 is 0 Å². The predicted molar refractivity (Wildman–Crippen MR) is 137 cm³/mol. The number of aliphatic hydroxyl groups is 1. The number of methoxy groups -OCH3 is 2. The highest BCUT2D eigenvalue weighted by molar-refractivity contribution is 5.25. The second-order valence-corrected chi connectivity index (χ2v) is 12.9. The van der Waals surface area contributed by atoms with Crippen molar-refractivity contribution in [2.24, 2.45) is 40.4 Å². The Kier molecular flexibility index (Phi) is 7.76. The second-order valence-electron chi connectivity index (χ2n) is 12.9. The molecule has 4 aliphatic rings. The second kappa shape index (κ2) is 10.00. The van der Waals surface area contributed by atoms with Crippen LogP contribution < -0.4 is 0 Å². The van der Waals surface area contributed by atoms with Gasteiger partial charge in [-0.15, -0.1) is 0 Å². The maximum Gasteiger partial charge on any atom is 0.147 e. The van der Waals surface area contributed by atoms with E-state index in [1.165, 1.54) is 38.5 Å². The highest BCUT2D eigenvalue weighted by Gasteiger charge is 2.64. The van der Waals surface area contributed by atoms with Crippen molar-refractivity contribution in [3.05, 3.63) is 23.8 Å². The molecule has 4 aliphatic carbocycles. The van der Waals surface area contributed by atoms with E-state index < -0.39 is 0 Å². The Hall–Kier alpha value is -0.680. The fourth-order valence-electron chi connectivity index (χ4n) is 8.14. The summed E-state index contributed by atoms with van der Waals surface area (Å²) in [5.41, 5.74) is 2.01. The van der Waals surface area contributed by atoms with Crippen LogP contribution in [-0.2, 0) is 14.2 Å². The van der Waals surface area contributed by atoms with Crippen molar-refractivity contribution in [3.63, 3.8) is 0 Å². The molecule has 1 N–H and O–H groups in total. The minimum Gasteiger partial charge on any atom is -0.393 e. The molecule has 0 amide bonds. The summed E-state index contributed by atoms with van der Waals surface area (Å²) < 4.78 is 17.1. The smallest absolute Gasteiger partial charge is 0.147 e. The molecule has 0 aromatic rings. The third-order valence-electron chi connectivity index (χ3n) is 10.7. The number of aliphatic hydroxyl groups excluding tert-OH is 1. The SMILES string of the molecule is COCOC(C)(C)[C@@H](C)/C=C/[C@@H](C)[C@H]1CC[C@H]2/C(=C/[C@@H](OC)[C@@]34C[C@@H](O)C[C@H]3C4)CCC[C@]12C. The molecule has 4 nitrogen and oxygen atoms in total. The Balaban J connectivity index is 1.45. The van der Waals surface area contributed by atoms with Gasteiger partial charge in [0.1, 0.15) is 6.79 Å². The van der Waals surface area contributed by atoms with Crippen LogP contribution in [0.2, 0.25) is 0 Å². The number of fused-ring (bicyclic) bond motifs is 2. The zero-order valence-corrected chi connectivity index (χ0v) is 22.8. The Morgan fingerprint density at radius 2 is 1.91 bits per heavy atom. The standard InChI is InChI=1S/C30H50O4/c1-20(10-11-21(2)28(3,4)34-19-32-6)25-12-13-26-22(9-8-14-29(25,26)5)15-27(33-7)30-17-23(30)16-24(31)18-30/h10-11,15,20-21,23-27,31H,8-9,12-14,16-19H2,1-7H3/b11-10+,22-15+/t20-,21+,23+,24+,25-,26+,27-,29-,30+/m1/s1. The molecular formula is C30H50O4. The maximum absolute atomic E-state index is 10.2. The van der Waals surface area contributed by atoms with E-state index in [2.05, 4.69) is 52.8 Å². The van der Waals surface area contributed by atoms with E-state index in [9.17, 15) is 5.11 Å². The van der Waals surface area contributed by atoms with Gasteiger partial charge in [0.25, 0.3) is 0 Å². The van der Waals surface area contributed by atoms with E-state index in [0.29, 0.717) is 41.8 Å². The van der Waals surface area contributed by atoms with Gasteiger partial charge in [-0.2, -0.15) is 0 Å². The van der Waals surface area contributed by atoms with Gasteiger partial charge in [-0.05, 0) is 94.3 Å². The molecule has 0 aromatic heterocycles. The van der Waals surface area contributed by atoms with Crippen molar-refractivity contribution in [1.29, 1.82) is 0 Å². The molecule has 0 spiro atoms. The average Bonchev–Trinajstić information content (AvgIpc) is 3.17. The topological polar surface area (TPSA) is 47.9 Å². The highest BCUT2D eigenvalue weighted by atomic mass is 16.7. The van der Waals surface area contributed by atoms with Crippen molar-refractivity contribution in [3.8, 4) is 0 Å². The van der Waals surface area contributed by atoms with E-state index in [-0.39, 0.29) is 23.2 Å². The Bertz CT molecular complexity index is 772. The molecule has 0 bridgehead atoms. The van der Waals surface area contributed by atoms with Crippen LogP contribution in [0.4, 0.5) is 0 Å². The lowest BCUT2D eigenvalue weighted by molar-refractivity contribution is -0.128. The van der Waals surface area contributed by atoms with Crippen molar-refractivity contribution in [2.45, 2.75) is 104 Å². The van der Waals surface area contributed by atoms with Crippen LogP contribution in [0.5, 0.6) is 0 Å². The van der Waals surface area contributed by atoms with Crippen LogP contribution in [0.3, 0.4) is 0 Å². The summed E-state index contributed by atoms with van der Waals surface area (Å²) in [6.07, 6.45) is 17.0. The van der Waals surface area contributed by atoms with Gasteiger partial charge < -0.3 is 19.3 Å². The van der Waals surface area contributed by atoms with Crippen molar-refractivity contribution in [2.75, 3.05) is 21.0 Å². The van der Waals surface area contributed by atoms with Gasteiger partial charge in [0.2, 0.25) is 0 Å². The van der Waals surface area contributed by atoms with Gasteiger partial charge in [-0.1, -0.05) is 44.6 Å². The van der Waals surface area contributed by atoms with Gasteiger partial charge in [0.15, 0.2) is 0 Å². The lowest BCUT2D eigenvalue weighted by atomic mass is 9.61. The van der Waals surface area contributed by atoms with Gasteiger partial charge in [-0.25, -0.2) is 0 Å². The van der Waals surface area contributed by atoms with E-state index in [4.69, 9.17) is 14.2 Å². The zero-order valence-electron chi connectivity index (χ0n) is 22.8. The fourth-order valence-corrected chi connectivity index (χ4v) is 8.14.